The highest BCUT2D eigenvalue weighted by molar-refractivity contribution is 9.10. The second kappa shape index (κ2) is 5.14. The van der Waals surface area contributed by atoms with E-state index in [9.17, 15) is 14.3 Å². The van der Waals surface area contributed by atoms with E-state index in [0.717, 1.165) is 12.8 Å². The Hall–Kier alpha value is -0.940. The van der Waals surface area contributed by atoms with Crippen molar-refractivity contribution < 1.29 is 14.3 Å². The van der Waals surface area contributed by atoms with E-state index < -0.39 is 17.8 Å². The number of hydrogen-bond donors (Lipinski definition) is 2. The SMILES string of the molecule is O=C(NCC(O)C1CC1)c1ccc(Br)cc1F. The van der Waals surface area contributed by atoms with Gasteiger partial charge in [-0.3, -0.25) is 4.79 Å². The Balaban J connectivity index is 1.94. The minimum absolute atomic E-state index is 0.00352. The van der Waals surface area contributed by atoms with Crippen LogP contribution in [0.5, 0.6) is 0 Å². The molecule has 1 atom stereocenters. The average molecular weight is 302 g/mol. The monoisotopic (exact) mass is 301 g/mol. The highest BCUT2D eigenvalue weighted by Gasteiger charge is 2.29. The number of carbonyl (C=O) groups is 1. The zero-order valence-corrected chi connectivity index (χ0v) is 10.7. The van der Waals surface area contributed by atoms with Gasteiger partial charge in [0.05, 0.1) is 11.7 Å². The topological polar surface area (TPSA) is 49.3 Å². The molecule has 3 nitrogen and oxygen atoms in total. The molecule has 2 rings (SSSR count). The van der Waals surface area contributed by atoms with Gasteiger partial charge in [-0.15, -0.1) is 0 Å². The Bertz CT molecular complexity index is 435. The van der Waals surface area contributed by atoms with E-state index in [0.29, 0.717) is 10.4 Å². The molecule has 0 heterocycles. The maximum Gasteiger partial charge on any atom is 0.254 e. The first kappa shape index (κ1) is 12.5. The van der Waals surface area contributed by atoms with Crippen molar-refractivity contribution >= 4 is 21.8 Å². The van der Waals surface area contributed by atoms with Crippen molar-refractivity contribution in [3.8, 4) is 0 Å². The van der Waals surface area contributed by atoms with Gasteiger partial charge in [-0.25, -0.2) is 4.39 Å². The second-order valence-corrected chi connectivity index (χ2v) is 5.15. The lowest BCUT2D eigenvalue weighted by molar-refractivity contribution is 0.0897. The summed E-state index contributed by atoms with van der Waals surface area (Å²) in [6.45, 7) is 0.180. The van der Waals surface area contributed by atoms with Crippen molar-refractivity contribution in [3.05, 3.63) is 34.1 Å². The molecule has 0 aromatic heterocycles. The second-order valence-electron chi connectivity index (χ2n) is 4.24. The van der Waals surface area contributed by atoms with Gasteiger partial charge < -0.3 is 10.4 Å². The Morgan fingerprint density at radius 2 is 2.29 bits per heavy atom. The molecule has 1 aliphatic rings. The third kappa shape index (κ3) is 3.26. The predicted octanol–water partition coefficient (Wildman–Crippen LogP) is 2.09. The van der Waals surface area contributed by atoms with Crippen molar-refractivity contribution in [1.82, 2.24) is 5.32 Å². The summed E-state index contributed by atoms with van der Waals surface area (Å²) in [7, 11) is 0. The van der Waals surface area contributed by atoms with Crippen molar-refractivity contribution in [2.24, 2.45) is 5.92 Å². The summed E-state index contributed by atoms with van der Waals surface area (Å²) in [4.78, 5) is 11.6. The molecule has 0 aliphatic heterocycles. The Labute approximate surface area is 107 Å². The van der Waals surface area contributed by atoms with Crippen LogP contribution in [0.3, 0.4) is 0 Å². The minimum Gasteiger partial charge on any atom is -0.391 e. The molecule has 1 aromatic carbocycles. The summed E-state index contributed by atoms with van der Waals surface area (Å²) in [6, 6.07) is 4.26. The molecule has 17 heavy (non-hydrogen) atoms. The molecule has 0 spiro atoms. The Morgan fingerprint density at radius 3 is 2.88 bits per heavy atom. The third-order valence-electron chi connectivity index (χ3n) is 2.81. The summed E-state index contributed by atoms with van der Waals surface area (Å²) in [6.07, 6.45) is 1.49. The fraction of sp³-hybridized carbons (Fsp3) is 0.417. The van der Waals surface area contributed by atoms with Gasteiger partial charge in [0.2, 0.25) is 0 Å². The normalized spacial score (nSPS) is 16.6. The van der Waals surface area contributed by atoms with Crippen LogP contribution in [-0.2, 0) is 0 Å². The Morgan fingerprint density at radius 1 is 1.59 bits per heavy atom. The van der Waals surface area contributed by atoms with Crippen LogP contribution < -0.4 is 5.32 Å². The van der Waals surface area contributed by atoms with Gasteiger partial charge in [0.15, 0.2) is 0 Å². The van der Waals surface area contributed by atoms with Gasteiger partial charge in [-0.2, -0.15) is 0 Å². The average Bonchev–Trinajstić information content (AvgIpc) is 3.09. The minimum atomic E-state index is -0.571. The zero-order valence-electron chi connectivity index (χ0n) is 9.12. The van der Waals surface area contributed by atoms with Crippen molar-refractivity contribution in [2.45, 2.75) is 18.9 Å². The predicted molar refractivity (Wildman–Crippen MR) is 65.2 cm³/mol. The molecular weight excluding hydrogens is 289 g/mol. The van der Waals surface area contributed by atoms with Gasteiger partial charge in [0, 0.05) is 11.0 Å². The third-order valence-corrected chi connectivity index (χ3v) is 3.31. The van der Waals surface area contributed by atoms with Gasteiger partial charge in [-0.05, 0) is 37.0 Å². The molecule has 1 aliphatic carbocycles. The Kier molecular flexibility index (Phi) is 3.79. The van der Waals surface area contributed by atoms with Crippen LogP contribution in [0.15, 0.2) is 22.7 Å². The molecule has 1 saturated carbocycles. The van der Waals surface area contributed by atoms with E-state index in [1.54, 1.807) is 6.07 Å². The summed E-state index contributed by atoms with van der Waals surface area (Å²) in [5, 5.41) is 12.1. The molecule has 2 N–H and O–H groups in total. The lowest BCUT2D eigenvalue weighted by Gasteiger charge is -2.11. The van der Waals surface area contributed by atoms with Gasteiger partial charge in [0.1, 0.15) is 5.82 Å². The standard InChI is InChI=1S/C12H13BrFNO2/c13-8-3-4-9(10(14)5-8)12(17)15-6-11(16)7-1-2-7/h3-5,7,11,16H,1-2,6H2,(H,15,17). The highest BCUT2D eigenvalue weighted by Crippen LogP contribution is 2.32. The molecule has 5 heteroatoms. The largest absolute Gasteiger partial charge is 0.391 e. The number of hydrogen-bond acceptors (Lipinski definition) is 2. The smallest absolute Gasteiger partial charge is 0.254 e. The van der Waals surface area contributed by atoms with Gasteiger partial charge >= 0.3 is 0 Å². The summed E-state index contributed by atoms with van der Waals surface area (Å²) < 4.78 is 14.0. The molecule has 0 radical (unpaired) electrons. The summed E-state index contributed by atoms with van der Waals surface area (Å²) in [5.41, 5.74) is -0.00352. The molecule has 1 amide bonds. The maximum absolute atomic E-state index is 13.4. The van der Waals surface area contributed by atoms with Crippen LogP contribution >= 0.6 is 15.9 Å². The number of nitrogens with one attached hydrogen (secondary N) is 1. The first-order chi connectivity index (χ1) is 8.08. The zero-order chi connectivity index (χ0) is 12.4. The lowest BCUT2D eigenvalue weighted by Crippen LogP contribution is -2.33. The van der Waals surface area contributed by atoms with E-state index in [1.165, 1.54) is 12.1 Å². The number of aliphatic hydroxyl groups excluding tert-OH is 1. The first-order valence-corrected chi connectivity index (χ1v) is 6.28. The number of halogens is 2. The van der Waals surface area contributed by atoms with E-state index >= 15 is 0 Å². The molecule has 1 unspecified atom stereocenters. The molecule has 1 aromatic rings. The maximum atomic E-state index is 13.4. The number of amides is 1. The molecule has 0 bridgehead atoms. The van der Waals surface area contributed by atoms with Crippen LogP contribution in [0.25, 0.3) is 0 Å². The lowest BCUT2D eigenvalue weighted by atomic mass is 10.2. The molecule has 0 saturated heterocycles. The fourth-order valence-electron chi connectivity index (χ4n) is 1.61. The van der Waals surface area contributed by atoms with Crippen molar-refractivity contribution in [3.63, 3.8) is 0 Å². The van der Waals surface area contributed by atoms with E-state index in [4.69, 9.17) is 0 Å². The van der Waals surface area contributed by atoms with Gasteiger partial charge in [-0.1, -0.05) is 15.9 Å². The van der Waals surface area contributed by atoms with E-state index in [-0.39, 0.29) is 12.1 Å². The number of carbonyl (C=O) groups excluding carboxylic acids is 1. The summed E-state index contributed by atoms with van der Waals surface area (Å²) in [5.74, 6) is -0.766. The molecule has 1 fully saturated rings. The number of benzene rings is 1. The fourth-order valence-corrected chi connectivity index (χ4v) is 1.95. The van der Waals surface area contributed by atoms with E-state index in [2.05, 4.69) is 21.2 Å². The van der Waals surface area contributed by atoms with Gasteiger partial charge in [0.25, 0.3) is 5.91 Å². The number of aliphatic hydroxyl groups is 1. The van der Waals surface area contributed by atoms with Crippen LogP contribution in [0.1, 0.15) is 23.2 Å². The quantitative estimate of drug-likeness (QED) is 0.895. The van der Waals surface area contributed by atoms with Crippen LogP contribution in [0, 0.1) is 11.7 Å². The van der Waals surface area contributed by atoms with Crippen molar-refractivity contribution in [2.75, 3.05) is 6.54 Å². The van der Waals surface area contributed by atoms with Crippen LogP contribution in [0.4, 0.5) is 4.39 Å². The first-order valence-electron chi connectivity index (χ1n) is 5.49. The number of rotatable bonds is 4. The molecular formula is C12H13BrFNO2. The van der Waals surface area contributed by atoms with Crippen LogP contribution in [-0.4, -0.2) is 23.7 Å². The highest BCUT2D eigenvalue weighted by atomic mass is 79.9. The molecule has 92 valence electrons. The van der Waals surface area contributed by atoms with Crippen molar-refractivity contribution in [1.29, 1.82) is 0 Å². The summed E-state index contributed by atoms with van der Waals surface area (Å²) >= 11 is 3.12. The van der Waals surface area contributed by atoms with Crippen LogP contribution in [0.2, 0.25) is 0 Å². The van der Waals surface area contributed by atoms with E-state index in [1.807, 2.05) is 0 Å².